The van der Waals surface area contributed by atoms with Crippen molar-refractivity contribution in [2.75, 3.05) is 18.9 Å². The highest BCUT2D eigenvalue weighted by Crippen LogP contribution is 2.44. The summed E-state index contributed by atoms with van der Waals surface area (Å²) in [5.74, 6) is -1.39. The van der Waals surface area contributed by atoms with Crippen LogP contribution < -0.4 is 11.4 Å². The summed E-state index contributed by atoms with van der Waals surface area (Å²) in [6.07, 6.45) is -9.54. The van der Waals surface area contributed by atoms with Crippen LogP contribution in [0.15, 0.2) is 11.0 Å². The molecular weight excluding hydrogens is 458 g/mol. The number of carbonyl (C=O) groups excluding carboxylic acids is 2. The first-order chi connectivity index (χ1) is 15.8. The molecule has 2 aliphatic heterocycles. The Hall–Kier alpha value is -2.30. The van der Waals surface area contributed by atoms with E-state index in [-0.39, 0.29) is 5.56 Å². The number of hydrogen-bond donors (Lipinski definition) is 7. The number of Topliss-reactive ketones (excluding diaryl/α,β-unsaturated/α-hetero) is 2. The number of ketones is 2. The van der Waals surface area contributed by atoms with E-state index in [1.165, 1.54) is 13.8 Å². The summed E-state index contributed by atoms with van der Waals surface area (Å²) >= 11 is 0. The number of aromatic nitrogens is 2. The van der Waals surface area contributed by atoms with Gasteiger partial charge in [-0.2, -0.15) is 4.98 Å². The molecule has 1 aromatic rings. The fraction of sp³-hybridized carbons (Fsp3) is 0.700. The summed E-state index contributed by atoms with van der Waals surface area (Å²) in [5.41, 5.74) is 0.317. The van der Waals surface area contributed by atoms with Crippen molar-refractivity contribution in [3.05, 3.63) is 22.2 Å². The van der Waals surface area contributed by atoms with Gasteiger partial charge in [-0.05, 0) is 13.8 Å². The highest BCUT2D eigenvalue weighted by atomic mass is 16.6. The van der Waals surface area contributed by atoms with Gasteiger partial charge >= 0.3 is 5.69 Å². The monoisotopic (exact) mass is 487 g/mol. The van der Waals surface area contributed by atoms with E-state index in [1.54, 1.807) is 0 Å². The van der Waals surface area contributed by atoms with Crippen LogP contribution in [0.3, 0.4) is 0 Å². The summed E-state index contributed by atoms with van der Waals surface area (Å²) in [7, 11) is 0. The van der Waals surface area contributed by atoms with Gasteiger partial charge in [0.25, 0.3) is 0 Å². The number of ether oxygens (including phenoxy) is 2. The van der Waals surface area contributed by atoms with Gasteiger partial charge < -0.3 is 45.8 Å². The van der Waals surface area contributed by atoms with Crippen molar-refractivity contribution in [3.8, 4) is 0 Å². The van der Waals surface area contributed by atoms with Crippen LogP contribution in [-0.4, -0.2) is 101 Å². The Morgan fingerprint density at radius 3 is 2.03 bits per heavy atom. The van der Waals surface area contributed by atoms with Gasteiger partial charge in [0.05, 0.1) is 13.2 Å². The van der Waals surface area contributed by atoms with E-state index in [0.717, 1.165) is 10.8 Å². The third kappa shape index (κ3) is 4.27. The molecule has 3 rings (SSSR count). The van der Waals surface area contributed by atoms with E-state index >= 15 is 0 Å². The Balaban J connectivity index is 2.03. The minimum atomic E-state index is -2.21. The molecule has 0 aromatic carbocycles. The Bertz CT molecular complexity index is 1020. The van der Waals surface area contributed by atoms with E-state index in [2.05, 4.69) is 4.98 Å². The topological polar surface area (TPSA) is 235 Å². The molecule has 2 aliphatic rings. The van der Waals surface area contributed by atoms with E-state index < -0.39 is 97.1 Å². The van der Waals surface area contributed by atoms with Gasteiger partial charge in [-0.25, -0.2) is 4.79 Å². The van der Waals surface area contributed by atoms with Crippen LogP contribution >= 0.6 is 0 Å². The van der Waals surface area contributed by atoms with Crippen molar-refractivity contribution in [2.24, 2.45) is 0 Å². The van der Waals surface area contributed by atoms with Gasteiger partial charge in [0.2, 0.25) is 0 Å². The third-order valence-electron chi connectivity index (χ3n) is 6.30. The predicted molar refractivity (Wildman–Crippen MR) is 111 cm³/mol. The standard InChI is InChI=1S/C20H29N3O11/c1-8(26)3-19(31)11(6-24)33-13(14(19)28)10-5-23(18(30)22-16(10)21)17-15(29)20(32,4-9(2)27)12(7-25)34-17/h5,11-15,17,24-25,28-29,31-32H,3-4,6-7H2,1-2H3,(H2,21,22,30)/t11-,12-,13+,14+,15+,17-,19-,20-/m1/s1. The highest BCUT2D eigenvalue weighted by Gasteiger charge is 2.58. The lowest BCUT2D eigenvalue weighted by Gasteiger charge is -2.29. The third-order valence-corrected chi connectivity index (χ3v) is 6.30. The number of nitrogens with two attached hydrogens (primary N) is 1. The maximum atomic E-state index is 12.6. The first kappa shape index (κ1) is 26.3. The first-order valence-corrected chi connectivity index (χ1v) is 10.5. The molecule has 190 valence electrons. The molecule has 1 aromatic heterocycles. The van der Waals surface area contributed by atoms with Crippen LogP contribution in [-0.2, 0) is 19.1 Å². The van der Waals surface area contributed by atoms with Gasteiger partial charge in [0.1, 0.15) is 59.1 Å². The second-order valence-corrected chi connectivity index (χ2v) is 8.83. The molecule has 14 heteroatoms. The highest BCUT2D eigenvalue weighted by molar-refractivity contribution is 5.77. The maximum Gasteiger partial charge on any atom is 0.351 e. The molecule has 0 saturated carbocycles. The van der Waals surface area contributed by atoms with Gasteiger partial charge in [0, 0.05) is 24.6 Å². The predicted octanol–water partition coefficient (Wildman–Crippen LogP) is -3.71. The average molecular weight is 487 g/mol. The quantitative estimate of drug-likeness (QED) is 0.187. The lowest BCUT2D eigenvalue weighted by atomic mass is 9.85. The van der Waals surface area contributed by atoms with Crippen molar-refractivity contribution in [2.45, 2.75) is 74.6 Å². The fourth-order valence-corrected chi connectivity index (χ4v) is 4.62. The molecule has 8 N–H and O–H groups in total. The molecule has 2 saturated heterocycles. The van der Waals surface area contributed by atoms with Gasteiger partial charge in [-0.1, -0.05) is 0 Å². The molecule has 0 aliphatic carbocycles. The van der Waals surface area contributed by atoms with Gasteiger partial charge in [0.15, 0.2) is 6.23 Å². The lowest BCUT2D eigenvalue weighted by molar-refractivity contribution is -0.134. The molecule has 0 spiro atoms. The van der Waals surface area contributed by atoms with Crippen LogP contribution in [0.5, 0.6) is 0 Å². The summed E-state index contributed by atoms with van der Waals surface area (Å²) in [5, 5.41) is 62.4. The van der Waals surface area contributed by atoms with E-state index in [0.29, 0.717) is 0 Å². The lowest BCUT2D eigenvalue weighted by Crippen LogP contribution is -2.50. The number of aliphatic hydroxyl groups excluding tert-OH is 4. The van der Waals surface area contributed by atoms with Gasteiger partial charge in [-0.3, -0.25) is 14.2 Å². The number of aliphatic hydroxyl groups is 6. The molecule has 3 heterocycles. The Kier molecular flexibility index (Phi) is 7.27. The van der Waals surface area contributed by atoms with Gasteiger partial charge in [-0.15, -0.1) is 0 Å². The summed E-state index contributed by atoms with van der Waals surface area (Å²) in [6.45, 7) is 0.828. The van der Waals surface area contributed by atoms with Crippen molar-refractivity contribution in [1.82, 2.24) is 9.55 Å². The van der Waals surface area contributed by atoms with Crippen LogP contribution in [0, 0.1) is 0 Å². The van der Waals surface area contributed by atoms with E-state index in [1.807, 2.05) is 0 Å². The zero-order chi connectivity index (χ0) is 25.6. The Morgan fingerprint density at radius 2 is 1.53 bits per heavy atom. The molecule has 0 bridgehead atoms. The van der Waals surface area contributed by atoms with Crippen LogP contribution in [0.1, 0.15) is 44.6 Å². The number of hydrogen-bond acceptors (Lipinski definition) is 13. The molecule has 8 atom stereocenters. The molecule has 34 heavy (non-hydrogen) atoms. The van der Waals surface area contributed by atoms with Crippen LogP contribution in [0.25, 0.3) is 0 Å². The normalized spacial score (nSPS) is 37.8. The van der Waals surface area contributed by atoms with E-state index in [4.69, 9.17) is 15.2 Å². The van der Waals surface area contributed by atoms with Crippen molar-refractivity contribution in [3.63, 3.8) is 0 Å². The molecule has 0 radical (unpaired) electrons. The van der Waals surface area contributed by atoms with Crippen LogP contribution in [0.4, 0.5) is 5.82 Å². The zero-order valence-corrected chi connectivity index (χ0v) is 18.6. The van der Waals surface area contributed by atoms with Crippen molar-refractivity contribution < 1.29 is 49.7 Å². The molecule has 14 nitrogen and oxygen atoms in total. The second kappa shape index (κ2) is 9.39. The number of anilines is 1. The molecular formula is C20H29N3O11. The Morgan fingerprint density at radius 1 is 1.03 bits per heavy atom. The minimum absolute atomic E-state index is 0.136. The fourth-order valence-electron chi connectivity index (χ4n) is 4.62. The molecule has 2 fully saturated rings. The summed E-state index contributed by atoms with van der Waals surface area (Å²) in [6, 6.07) is 0. The molecule has 0 unspecified atom stereocenters. The smallest absolute Gasteiger partial charge is 0.351 e. The number of nitrogen functional groups attached to an aromatic ring is 1. The number of rotatable bonds is 8. The maximum absolute atomic E-state index is 12.6. The van der Waals surface area contributed by atoms with E-state index in [9.17, 15) is 45.0 Å². The van der Waals surface area contributed by atoms with Crippen LogP contribution in [0.2, 0.25) is 0 Å². The average Bonchev–Trinajstić information content (AvgIpc) is 3.12. The summed E-state index contributed by atoms with van der Waals surface area (Å²) < 4.78 is 11.8. The van der Waals surface area contributed by atoms with Crippen molar-refractivity contribution in [1.29, 1.82) is 0 Å². The summed E-state index contributed by atoms with van der Waals surface area (Å²) in [4.78, 5) is 39.4. The van der Waals surface area contributed by atoms with Crippen molar-refractivity contribution >= 4 is 17.4 Å². The number of nitrogens with zero attached hydrogens (tertiary/aromatic N) is 2. The first-order valence-electron chi connectivity index (χ1n) is 10.5. The zero-order valence-electron chi connectivity index (χ0n) is 18.6. The minimum Gasteiger partial charge on any atom is -0.394 e. The Labute approximate surface area is 193 Å². The molecule has 0 amide bonds. The second-order valence-electron chi connectivity index (χ2n) is 8.83. The SMILES string of the molecule is CC(=O)C[C@@]1(O)[C@@H](CO)O[C@@H](n2cc([C@@H]3O[C@H](CO)[C@](O)(CC(C)=O)[C@H]3O)c(N)nc2=O)[C@@H]1O. The number of carbonyl (C=O) groups is 2. The largest absolute Gasteiger partial charge is 0.394 e.